The van der Waals surface area contributed by atoms with Crippen molar-refractivity contribution < 1.29 is 0 Å². The number of hydrogen-bond acceptors (Lipinski definition) is 0. The van der Waals surface area contributed by atoms with Crippen molar-refractivity contribution in [2.45, 2.75) is 37.7 Å². The summed E-state index contributed by atoms with van der Waals surface area (Å²) in [4.78, 5) is 0. The van der Waals surface area contributed by atoms with Crippen molar-refractivity contribution in [3.8, 4) is 0 Å². The van der Waals surface area contributed by atoms with E-state index in [4.69, 9.17) is 0 Å². The van der Waals surface area contributed by atoms with Gasteiger partial charge in [0.05, 0.1) is 0 Å². The first-order valence-electron chi connectivity index (χ1n) is 4.36. The molecule has 1 aliphatic rings. The molecule has 2 atom stereocenters. The van der Waals surface area contributed by atoms with Crippen LogP contribution in [0.3, 0.4) is 0 Å². The van der Waals surface area contributed by atoms with Gasteiger partial charge in [-0.25, -0.2) is 0 Å². The fraction of sp³-hybridized carbons (Fsp3) is 1.00. The van der Waals surface area contributed by atoms with Gasteiger partial charge in [-0.05, 0) is 0 Å². The number of rotatable bonds is 2. The van der Waals surface area contributed by atoms with Crippen LogP contribution in [0.5, 0.6) is 0 Å². The fourth-order valence-electron chi connectivity index (χ4n) is 1.92. The zero-order chi connectivity index (χ0) is 6.69. The van der Waals surface area contributed by atoms with E-state index < -0.39 is 0 Å². The molecule has 0 N–H and O–H groups in total. The Bertz CT molecular complexity index is 70.6. The molecule has 1 aliphatic carbocycles. The van der Waals surface area contributed by atoms with Crippen LogP contribution in [0.1, 0.15) is 32.6 Å². The molecule has 0 bridgehead atoms. The zero-order valence-corrected chi connectivity index (χ0v) is 6.69. The average molecular weight is 118 g/mol. The minimum absolute atomic E-state index is 1.08. The molecule has 0 amide bonds. The first-order chi connectivity index (χ1) is 4.36. The molecule has 0 radical (unpaired) electrons. The molecule has 1 rings (SSSR count). The molecular weight excluding hydrogens is 103 g/mol. The molecule has 0 saturated heterocycles. The van der Waals surface area contributed by atoms with Gasteiger partial charge in [-0.3, -0.25) is 0 Å². The van der Waals surface area contributed by atoms with Crippen molar-refractivity contribution in [3.63, 3.8) is 0 Å². The van der Waals surface area contributed by atoms with E-state index in [0.717, 1.165) is 11.8 Å². The second-order valence-electron chi connectivity index (χ2n) is 3.36. The molecule has 0 nitrogen and oxygen atoms in total. The van der Waals surface area contributed by atoms with Crippen LogP contribution in [0.4, 0.5) is 0 Å². The second-order valence-corrected chi connectivity index (χ2v) is 3.36. The van der Waals surface area contributed by atoms with Crippen molar-refractivity contribution in [3.05, 3.63) is 0 Å². The summed E-state index contributed by atoms with van der Waals surface area (Å²) < 4.78 is 0. The van der Waals surface area contributed by atoms with Crippen LogP contribution >= 0.6 is 0 Å². The van der Waals surface area contributed by atoms with Gasteiger partial charge in [-0.2, -0.15) is 0 Å². The van der Waals surface area contributed by atoms with Gasteiger partial charge in [0.2, 0.25) is 0 Å². The molecule has 0 aromatic rings. The van der Waals surface area contributed by atoms with E-state index >= 15 is 0 Å². The quantitative estimate of drug-likeness (QED) is 0.488. The first-order valence-corrected chi connectivity index (χ1v) is 4.36. The summed E-state index contributed by atoms with van der Waals surface area (Å²) in [7, 11) is 0. The third-order valence-electron chi connectivity index (χ3n) is 2.80. The normalized spacial score (nSPS) is 35.4. The van der Waals surface area contributed by atoms with E-state index in [2.05, 4.69) is 24.6 Å². The molecule has 0 spiro atoms. The molecule has 2 unspecified atom stereocenters. The van der Waals surface area contributed by atoms with E-state index in [9.17, 15) is 0 Å². The molecule has 1 fully saturated rings. The Morgan fingerprint density at radius 1 is 1.33 bits per heavy atom. The second kappa shape index (κ2) is 3.69. The Morgan fingerprint density at radius 3 is 2.33 bits per heavy atom. The summed E-state index contributed by atoms with van der Waals surface area (Å²) in [6.45, 7) is 2.32. The van der Waals surface area contributed by atoms with E-state index in [1.165, 1.54) is 30.8 Å². The van der Waals surface area contributed by atoms with E-state index in [0.29, 0.717) is 0 Å². The van der Waals surface area contributed by atoms with Gasteiger partial charge in [0.25, 0.3) is 0 Å². The van der Waals surface area contributed by atoms with Gasteiger partial charge in [0.15, 0.2) is 0 Å². The SMILES string of the molecule is [Li][CH2]C1CCC(CC)C1. The average Bonchev–Trinajstić information content (AvgIpc) is 2.34. The summed E-state index contributed by atoms with van der Waals surface area (Å²) >= 11 is 2.32. The Kier molecular flexibility index (Phi) is 3.16. The van der Waals surface area contributed by atoms with Gasteiger partial charge >= 0.3 is 67.3 Å². The van der Waals surface area contributed by atoms with E-state index in [-0.39, 0.29) is 0 Å². The molecule has 0 aromatic heterocycles. The van der Waals surface area contributed by atoms with Crippen molar-refractivity contribution in [2.24, 2.45) is 11.8 Å². The third-order valence-corrected chi connectivity index (χ3v) is 2.80. The maximum absolute atomic E-state index is 2.32. The standard InChI is InChI=1S/C8H15.Li/c1-3-8-5-4-7(2)6-8;/h7-8H,2-6H2,1H3;. The van der Waals surface area contributed by atoms with Crippen LogP contribution in [-0.4, -0.2) is 17.7 Å². The predicted octanol–water partition coefficient (Wildman–Crippen LogP) is 2.40. The van der Waals surface area contributed by atoms with Gasteiger partial charge in [-0.1, -0.05) is 0 Å². The van der Waals surface area contributed by atoms with Gasteiger partial charge in [0, 0.05) is 0 Å². The monoisotopic (exact) mass is 118 g/mol. The van der Waals surface area contributed by atoms with Gasteiger partial charge < -0.3 is 0 Å². The predicted molar refractivity (Wildman–Crippen MR) is 41.7 cm³/mol. The molecule has 0 heterocycles. The fourth-order valence-corrected chi connectivity index (χ4v) is 1.92. The van der Waals surface area contributed by atoms with E-state index in [1.807, 2.05) is 0 Å². The first kappa shape index (κ1) is 7.70. The molecule has 1 heteroatoms. The van der Waals surface area contributed by atoms with Crippen molar-refractivity contribution in [1.82, 2.24) is 0 Å². The van der Waals surface area contributed by atoms with Gasteiger partial charge in [-0.15, -0.1) is 0 Å². The van der Waals surface area contributed by atoms with Crippen LogP contribution in [0.2, 0.25) is 5.09 Å². The summed E-state index contributed by atoms with van der Waals surface area (Å²) in [6.07, 6.45) is 5.95. The van der Waals surface area contributed by atoms with Crippen LogP contribution in [0.25, 0.3) is 0 Å². The molecule has 9 heavy (non-hydrogen) atoms. The van der Waals surface area contributed by atoms with Crippen molar-refractivity contribution in [2.75, 3.05) is 0 Å². The molecular formula is C8H15Li. The van der Waals surface area contributed by atoms with Crippen LogP contribution in [-0.2, 0) is 0 Å². The Morgan fingerprint density at radius 2 is 2.00 bits per heavy atom. The van der Waals surface area contributed by atoms with Crippen molar-refractivity contribution in [1.29, 1.82) is 0 Å². The van der Waals surface area contributed by atoms with Crippen LogP contribution < -0.4 is 0 Å². The summed E-state index contributed by atoms with van der Waals surface area (Å²) in [5.74, 6) is 2.16. The molecule has 0 aromatic carbocycles. The minimum atomic E-state index is 1.08. The van der Waals surface area contributed by atoms with Crippen LogP contribution in [0.15, 0.2) is 0 Å². The van der Waals surface area contributed by atoms with Crippen molar-refractivity contribution >= 4 is 17.7 Å². The third kappa shape index (κ3) is 2.02. The Labute approximate surface area is 67.6 Å². The maximum atomic E-state index is 2.32. The molecule has 1 saturated carbocycles. The summed E-state index contributed by atoms with van der Waals surface area (Å²) in [6, 6.07) is 0. The topological polar surface area (TPSA) is 0 Å². The Balaban J connectivity index is 2.20. The van der Waals surface area contributed by atoms with E-state index in [1.54, 1.807) is 0 Å². The molecule has 48 valence electrons. The summed E-state index contributed by atoms with van der Waals surface area (Å²) in [5, 5.41) is 1.41. The Hall–Kier alpha value is 0.597. The zero-order valence-electron chi connectivity index (χ0n) is 6.69. The number of hydrogen-bond donors (Lipinski definition) is 0. The molecule has 0 aliphatic heterocycles. The van der Waals surface area contributed by atoms with Crippen LogP contribution in [0, 0.1) is 11.8 Å². The summed E-state index contributed by atoms with van der Waals surface area (Å²) in [5.41, 5.74) is 0. The van der Waals surface area contributed by atoms with Gasteiger partial charge in [0.1, 0.15) is 0 Å².